The van der Waals surface area contributed by atoms with Gasteiger partial charge < -0.3 is 14.2 Å². The molecule has 2 rings (SSSR count). The van der Waals surface area contributed by atoms with Crippen LogP contribution in [0.5, 0.6) is 5.75 Å². The SMILES string of the molecule is COc1ccc(C(=O)COC(C)OCCc2ccccc2)cc1. The predicted molar refractivity (Wildman–Crippen MR) is 88.8 cm³/mol. The summed E-state index contributed by atoms with van der Waals surface area (Å²) < 4.78 is 16.1. The van der Waals surface area contributed by atoms with E-state index in [2.05, 4.69) is 12.1 Å². The Bertz CT molecular complexity index is 593. The Morgan fingerprint density at radius 1 is 1.00 bits per heavy atom. The van der Waals surface area contributed by atoms with Crippen LogP contribution < -0.4 is 4.74 Å². The molecule has 0 aliphatic rings. The quantitative estimate of drug-likeness (QED) is 0.525. The maximum atomic E-state index is 12.0. The van der Waals surface area contributed by atoms with Gasteiger partial charge in [0.15, 0.2) is 12.1 Å². The zero-order valence-electron chi connectivity index (χ0n) is 13.5. The van der Waals surface area contributed by atoms with Gasteiger partial charge in [0, 0.05) is 5.56 Å². The molecule has 0 aliphatic carbocycles. The predicted octanol–water partition coefficient (Wildman–Crippen LogP) is 3.50. The number of ketones is 1. The average molecular weight is 314 g/mol. The minimum absolute atomic E-state index is 0.00116. The van der Waals surface area contributed by atoms with E-state index in [0.717, 1.165) is 12.2 Å². The van der Waals surface area contributed by atoms with E-state index in [9.17, 15) is 4.79 Å². The number of hydrogen-bond donors (Lipinski definition) is 0. The summed E-state index contributed by atoms with van der Waals surface area (Å²) in [5, 5.41) is 0. The molecule has 0 fully saturated rings. The van der Waals surface area contributed by atoms with Gasteiger partial charge in [0.1, 0.15) is 12.4 Å². The van der Waals surface area contributed by atoms with Crippen molar-refractivity contribution in [3.63, 3.8) is 0 Å². The zero-order valence-corrected chi connectivity index (χ0v) is 13.5. The lowest BCUT2D eigenvalue weighted by Crippen LogP contribution is -2.19. The number of rotatable bonds is 9. The van der Waals surface area contributed by atoms with E-state index in [0.29, 0.717) is 12.2 Å². The number of carbonyl (C=O) groups is 1. The maximum absolute atomic E-state index is 12.0. The Balaban J connectivity index is 1.68. The van der Waals surface area contributed by atoms with Crippen molar-refractivity contribution in [3.05, 3.63) is 65.7 Å². The Hall–Kier alpha value is -2.17. The van der Waals surface area contributed by atoms with E-state index < -0.39 is 6.29 Å². The molecule has 0 heterocycles. The molecule has 23 heavy (non-hydrogen) atoms. The van der Waals surface area contributed by atoms with Gasteiger partial charge in [-0.2, -0.15) is 0 Å². The summed E-state index contributed by atoms with van der Waals surface area (Å²) >= 11 is 0. The van der Waals surface area contributed by atoms with Gasteiger partial charge in [-0.05, 0) is 43.2 Å². The van der Waals surface area contributed by atoms with E-state index in [1.54, 1.807) is 38.3 Å². The lowest BCUT2D eigenvalue weighted by molar-refractivity contribution is -0.122. The molecule has 0 aromatic heterocycles. The highest BCUT2D eigenvalue weighted by Crippen LogP contribution is 2.12. The molecule has 1 atom stereocenters. The van der Waals surface area contributed by atoms with Crippen molar-refractivity contribution < 1.29 is 19.0 Å². The topological polar surface area (TPSA) is 44.8 Å². The largest absolute Gasteiger partial charge is 0.497 e. The fraction of sp³-hybridized carbons (Fsp3) is 0.316. The van der Waals surface area contributed by atoms with Crippen molar-refractivity contribution in [2.45, 2.75) is 19.6 Å². The maximum Gasteiger partial charge on any atom is 0.188 e. The molecule has 0 saturated carbocycles. The van der Waals surface area contributed by atoms with Crippen LogP contribution in [0.15, 0.2) is 54.6 Å². The average Bonchev–Trinajstić information content (AvgIpc) is 2.60. The second kappa shape index (κ2) is 9.08. The molecular weight excluding hydrogens is 292 g/mol. The lowest BCUT2D eigenvalue weighted by Gasteiger charge is -2.13. The monoisotopic (exact) mass is 314 g/mol. The molecule has 1 unspecified atom stereocenters. The van der Waals surface area contributed by atoms with Crippen molar-refractivity contribution in [2.24, 2.45) is 0 Å². The molecule has 4 nitrogen and oxygen atoms in total. The first-order valence-corrected chi connectivity index (χ1v) is 7.63. The Kier molecular flexibility index (Phi) is 6.78. The van der Waals surface area contributed by atoms with Crippen molar-refractivity contribution in [3.8, 4) is 5.75 Å². The van der Waals surface area contributed by atoms with Crippen molar-refractivity contribution in [1.82, 2.24) is 0 Å². The van der Waals surface area contributed by atoms with Crippen molar-refractivity contribution >= 4 is 5.78 Å². The molecule has 2 aromatic rings. The second-order valence-corrected chi connectivity index (χ2v) is 5.14. The molecule has 122 valence electrons. The fourth-order valence-electron chi connectivity index (χ4n) is 2.09. The van der Waals surface area contributed by atoms with Gasteiger partial charge in [-0.3, -0.25) is 4.79 Å². The van der Waals surface area contributed by atoms with E-state index in [4.69, 9.17) is 14.2 Å². The van der Waals surface area contributed by atoms with Gasteiger partial charge >= 0.3 is 0 Å². The van der Waals surface area contributed by atoms with E-state index in [1.807, 2.05) is 18.2 Å². The summed E-state index contributed by atoms with van der Waals surface area (Å²) in [5.74, 6) is 0.645. The summed E-state index contributed by atoms with van der Waals surface area (Å²) in [4.78, 5) is 12.0. The van der Waals surface area contributed by atoms with Gasteiger partial charge in [-0.1, -0.05) is 30.3 Å². The summed E-state index contributed by atoms with van der Waals surface area (Å²) in [5.41, 5.74) is 1.82. The Labute approximate surface area is 137 Å². The zero-order chi connectivity index (χ0) is 16.5. The molecule has 0 bridgehead atoms. The molecule has 2 aromatic carbocycles. The molecule has 0 saturated heterocycles. The van der Waals surface area contributed by atoms with Crippen LogP contribution in [0.4, 0.5) is 0 Å². The first-order chi connectivity index (χ1) is 11.2. The molecule has 0 spiro atoms. The highest BCUT2D eigenvalue weighted by atomic mass is 16.7. The minimum Gasteiger partial charge on any atom is -0.497 e. The first-order valence-electron chi connectivity index (χ1n) is 7.63. The van der Waals surface area contributed by atoms with Crippen LogP contribution in [0.2, 0.25) is 0 Å². The molecule has 0 amide bonds. The van der Waals surface area contributed by atoms with Crippen LogP contribution in [0.3, 0.4) is 0 Å². The van der Waals surface area contributed by atoms with Crippen molar-refractivity contribution in [2.75, 3.05) is 20.3 Å². The van der Waals surface area contributed by atoms with Crippen molar-refractivity contribution in [1.29, 1.82) is 0 Å². The van der Waals surface area contributed by atoms with Crippen LogP contribution in [0.1, 0.15) is 22.8 Å². The van der Waals surface area contributed by atoms with Crippen LogP contribution in [0, 0.1) is 0 Å². The number of ether oxygens (including phenoxy) is 3. The number of hydrogen-bond acceptors (Lipinski definition) is 4. The number of carbonyl (C=O) groups excluding carboxylic acids is 1. The van der Waals surface area contributed by atoms with Gasteiger partial charge in [-0.15, -0.1) is 0 Å². The number of Topliss-reactive ketones (excluding diaryl/α,β-unsaturated/α-hetero) is 1. The molecule has 0 N–H and O–H groups in total. The number of methoxy groups -OCH3 is 1. The molecule has 4 heteroatoms. The van der Waals surface area contributed by atoms with E-state index in [-0.39, 0.29) is 12.4 Å². The standard InChI is InChI=1S/C19H22O4/c1-15(22-13-12-16-6-4-3-5-7-16)23-14-19(20)17-8-10-18(21-2)11-9-17/h3-11,15H,12-14H2,1-2H3. The summed E-state index contributed by atoms with van der Waals surface area (Å²) in [6.07, 6.45) is 0.405. The van der Waals surface area contributed by atoms with Gasteiger partial charge in [0.25, 0.3) is 0 Å². The second-order valence-electron chi connectivity index (χ2n) is 5.14. The normalized spacial score (nSPS) is 11.9. The fourth-order valence-corrected chi connectivity index (χ4v) is 2.09. The van der Waals surface area contributed by atoms with Gasteiger partial charge in [0.2, 0.25) is 0 Å². The van der Waals surface area contributed by atoms with Crippen LogP contribution in [0.25, 0.3) is 0 Å². The van der Waals surface area contributed by atoms with Crippen LogP contribution >= 0.6 is 0 Å². The van der Waals surface area contributed by atoms with Gasteiger partial charge in [-0.25, -0.2) is 0 Å². The Morgan fingerprint density at radius 2 is 1.70 bits per heavy atom. The Morgan fingerprint density at radius 3 is 2.35 bits per heavy atom. The van der Waals surface area contributed by atoms with Crippen LogP contribution in [-0.4, -0.2) is 32.4 Å². The third-order valence-corrected chi connectivity index (χ3v) is 3.45. The molecule has 0 aliphatic heterocycles. The van der Waals surface area contributed by atoms with Crippen LogP contribution in [-0.2, 0) is 15.9 Å². The first kappa shape index (κ1) is 17.2. The third-order valence-electron chi connectivity index (χ3n) is 3.45. The summed E-state index contributed by atoms with van der Waals surface area (Å²) in [7, 11) is 1.59. The highest BCUT2D eigenvalue weighted by Gasteiger charge is 2.09. The smallest absolute Gasteiger partial charge is 0.188 e. The van der Waals surface area contributed by atoms with E-state index in [1.165, 1.54) is 5.56 Å². The lowest BCUT2D eigenvalue weighted by atomic mass is 10.1. The third kappa shape index (κ3) is 5.85. The summed E-state index contributed by atoms with van der Waals surface area (Å²) in [6.45, 7) is 2.35. The van der Waals surface area contributed by atoms with Gasteiger partial charge in [0.05, 0.1) is 13.7 Å². The molecular formula is C19H22O4. The number of benzene rings is 2. The van der Waals surface area contributed by atoms with E-state index >= 15 is 0 Å². The minimum atomic E-state index is -0.416. The molecule has 0 radical (unpaired) electrons. The summed E-state index contributed by atoms with van der Waals surface area (Å²) in [6, 6.07) is 17.1. The highest BCUT2D eigenvalue weighted by molar-refractivity contribution is 5.97.